The van der Waals surface area contributed by atoms with Gasteiger partial charge in [-0.3, -0.25) is 9.78 Å². The molecule has 23 heavy (non-hydrogen) atoms. The van der Waals surface area contributed by atoms with Crippen molar-refractivity contribution in [1.29, 1.82) is 0 Å². The van der Waals surface area contributed by atoms with E-state index in [2.05, 4.69) is 22.4 Å². The van der Waals surface area contributed by atoms with Crippen LogP contribution in [0.5, 0.6) is 5.75 Å². The quantitative estimate of drug-likeness (QED) is 0.781. The van der Waals surface area contributed by atoms with Gasteiger partial charge in [0.25, 0.3) is 5.91 Å². The van der Waals surface area contributed by atoms with Crippen molar-refractivity contribution in [3.63, 3.8) is 0 Å². The van der Waals surface area contributed by atoms with Crippen LogP contribution in [0, 0.1) is 0 Å². The summed E-state index contributed by atoms with van der Waals surface area (Å²) in [4.78, 5) is 16.6. The van der Waals surface area contributed by atoms with Crippen molar-refractivity contribution < 1.29 is 9.90 Å². The number of hydrogen-bond donors (Lipinski definition) is 2. The van der Waals surface area contributed by atoms with Crippen molar-refractivity contribution in [2.45, 2.75) is 18.4 Å². The highest BCUT2D eigenvalue weighted by molar-refractivity contribution is 6.02. The van der Waals surface area contributed by atoms with Crippen LogP contribution in [0.15, 0.2) is 60.8 Å². The molecule has 1 fully saturated rings. The lowest BCUT2D eigenvalue weighted by atomic mass is 10.1. The van der Waals surface area contributed by atoms with Gasteiger partial charge in [-0.25, -0.2) is 0 Å². The van der Waals surface area contributed by atoms with E-state index in [-0.39, 0.29) is 23.3 Å². The second-order valence-electron chi connectivity index (χ2n) is 5.87. The molecular formula is C19H16N2O2. The summed E-state index contributed by atoms with van der Waals surface area (Å²) in [7, 11) is 0. The maximum absolute atomic E-state index is 12.4. The summed E-state index contributed by atoms with van der Waals surface area (Å²) in [5.74, 6) is 0.0527. The average molecular weight is 304 g/mol. The number of amides is 1. The Hall–Kier alpha value is -2.88. The lowest BCUT2D eigenvalue weighted by Gasteiger charge is -2.08. The van der Waals surface area contributed by atoms with Crippen LogP contribution in [0.3, 0.4) is 0 Å². The molecule has 4 nitrogen and oxygen atoms in total. The number of carbonyl (C=O) groups is 1. The molecule has 0 saturated heterocycles. The van der Waals surface area contributed by atoms with Crippen LogP contribution in [0.2, 0.25) is 0 Å². The fourth-order valence-corrected chi connectivity index (χ4v) is 2.98. The molecule has 1 aromatic heterocycles. The van der Waals surface area contributed by atoms with E-state index >= 15 is 0 Å². The number of rotatable bonds is 3. The molecule has 2 unspecified atom stereocenters. The van der Waals surface area contributed by atoms with Crippen molar-refractivity contribution in [2.24, 2.45) is 0 Å². The minimum absolute atomic E-state index is 0.0579. The van der Waals surface area contributed by atoms with Crippen molar-refractivity contribution in [1.82, 2.24) is 10.3 Å². The zero-order chi connectivity index (χ0) is 15.8. The number of fused-ring (bicyclic) bond motifs is 1. The number of phenols is 1. The Morgan fingerprint density at radius 3 is 2.74 bits per heavy atom. The molecule has 114 valence electrons. The number of nitrogens with one attached hydrogen (secondary N) is 1. The smallest absolute Gasteiger partial charge is 0.255 e. The van der Waals surface area contributed by atoms with Crippen molar-refractivity contribution >= 4 is 16.8 Å². The molecule has 4 rings (SSSR count). The van der Waals surface area contributed by atoms with Crippen LogP contribution in [-0.2, 0) is 0 Å². The molecule has 0 spiro atoms. The first-order valence-electron chi connectivity index (χ1n) is 7.66. The number of carbonyl (C=O) groups excluding carboxylic acids is 1. The summed E-state index contributed by atoms with van der Waals surface area (Å²) in [5.41, 5.74) is 1.97. The van der Waals surface area contributed by atoms with Gasteiger partial charge in [0.05, 0.1) is 5.56 Å². The van der Waals surface area contributed by atoms with Crippen LogP contribution >= 0.6 is 0 Å². The summed E-state index contributed by atoms with van der Waals surface area (Å²) in [6, 6.07) is 17.4. The van der Waals surface area contributed by atoms with E-state index in [4.69, 9.17) is 0 Å². The number of nitrogens with zero attached hydrogens (tertiary/aromatic N) is 1. The van der Waals surface area contributed by atoms with Gasteiger partial charge in [-0.05, 0) is 24.1 Å². The van der Waals surface area contributed by atoms with Crippen molar-refractivity contribution in [3.05, 3.63) is 71.9 Å². The van der Waals surface area contributed by atoms with E-state index in [1.165, 1.54) is 5.56 Å². The summed E-state index contributed by atoms with van der Waals surface area (Å²) in [6.45, 7) is 0. The minimum Gasteiger partial charge on any atom is -0.505 e. The SMILES string of the molecule is O=C(NC1CC1c1ccccc1)c1ccc2cccnc2c1O. The van der Waals surface area contributed by atoms with Crippen molar-refractivity contribution in [2.75, 3.05) is 0 Å². The maximum Gasteiger partial charge on any atom is 0.255 e. The molecule has 1 aliphatic rings. The maximum atomic E-state index is 12.4. The first kappa shape index (κ1) is 13.8. The fraction of sp³-hybridized carbons (Fsp3) is 0.158. The molecule has 4 heteroatoms. The fourth-order valence-electron chi connectivity index (χ4n) is 2.98. The lowest BCUT2D eigenvalue weighted by molar-refractivity contribution is 0.0948. The molecule has 1 heterocycles. The van der Waals surface area contributed by atoms with Gasteiger partial charge >= 0.3 is 0 Å². The van der Waals surface area contributed by atoms with E-state index in [9.17, 15) is 9.90 Å². The van der Waals surface area contributed by atoms with Crippen LogP contribution in [0.1, 0.15) is 28.3 Å². The Morgan fingerprint density at radius 1 is 1.09 bits per heavy atom. The third kappa shape index (κ3) is 2.52. The highest BCUT2D eigenvalue weighted by Gasteiger charge is 2.39. The Morgan fingerprint density at radius 2 is 1.91 bits per heavy atom. The minimum atomic E-state index is -0.251. The number of hydrogen-bond acceptors (Lipinski definition) is 3. The summed E-state index contributed by atoms with van der Waals surface area (Å²) in [6.07, 6.45) is 2.54. The van der Waals surface area contributed by atoms with Gasteiger partial charge < -0.3 is 10.4 Å². The molecule has 1 saturated carbocycles. The Labute approximate surface area is 133 Å². The molecule has 2 N–H and O–H groups in total. The van der Waals surface area contributed by atoms with Gasteiger partial charge in [-0.2, -0.15) is 0 Å². The largest absolute Gasteiger partial charge is 0.505 e. The molecule has 0 bridgehead atoms. The molecule has 0 aliphatic heterocycles. The van der Waals surface area contributed by atoms with Crippen LogP contribution in [0.25, 0.3) is 10.9 Å². The predicted molar refractivity (Wildman–Crippen MR) is 88.5 cm³/mol. The first-order valence-corrected chi connectivity index (χ1v) is 7.66. The molecule has 1 aliphatic carbocycles. The highest BCUT2D eigenvalue weighted by atomic mass is 16.3. The van der Waals surface area contributed by atoms with E-state index < -0.39 is 0 Å². The molecule has 2 atom stereocenters. The van der Waals surface area contributed by atoms with E-state index in [0.29, 0.717) is 11.4 Å². The standard InChI is InChI=1S/C19H16N2O2/c22-18-14(9-8-13-7-4-10-20-17(13)18)19(23)21-16-11-15(16)12-5-2-1-3-6-12/h1-10,15-16,22H,11H2,(H,21,23). The summed E-state index contributed by atoms with van der Waals surface area (Å²) >= 11 is 0. The summed E-state index contributed by atoms with van der Waals surface area (Å²) in [5, 5.41) is 14.1. The second kappa shape index (κ2) is 5.39. The number of phenolic OH excluding ortho intramolecular Hbond substituents is 1. The average Bonchev–Trinajstić information content (AvgIpc) is 3.35. The second-order valence-corrected chi connectivity index (χ2v) is 5.87. The van der Waals surface area contributed by atoms with E-state index in [1.807, 2.05) is 24.3 Å². The van der Waals surface area contributed by atoms with E-state index in [0.717, 1.165) is 11.8 Å². The number of benzene rings is 2. The Bertz CT molecular complexity index is 877. The normalized spacial score (nSPS) is 19.5. The number of aromatic hydroxyl groups is 1. The van der Waals surface area contributed by atoms with Crippen molar-refractivity contribution in [3.8, 4) is 5.75 Å². The third-order valence-corrected chi connectivity index (χ3v) is 4.33. The lowest BCUT2D eigenvalue weighted by Crippen LogP contribution is -2.26. The zero-order valence-electron chi connectivity index (χ0n) is 12.4. The van der Waals surface area contributed by atoms with Crippen LogP contribution < -0.4 is 5.32 Å². The first-order chi connectivity index (χ1) is 11.2. The molecule has 3 aromatic rings. The molecule has 1 amide bonds. The summed E-state index contributed by atoms with van der Waals surface area (Å²) < 4.78 is 0. The number of aromatic nitrogens is 1. The van der Waals surface area contributed by atoms with Gasteiger partial charge in [0.15, 0.2) is 5.75 Å². The van der Waals surface area contributed by atoms with E-state index in [1.54, 1.807) is 24.4 Å². The van der Waals surface area contributed by atoms with Gasteiger partial charge in [-0.15, -0.1) is 0 Å². The van der Waals surface area contributed by atoms with Gasteiger partial charge in [0.1, 0.15) is 5.52 Å². The molecular weight excluding hydrogens is 288 g/mol. The van der Waals surface area contributed by atoms with Crippen LogP contribution in [0.4, 0.5) is 0 Å². The van der Waals surface area contributed by atoms with Crippen LogP contribution in [-0.4, -0.2) is 22.0 Å². The topological polar surface area (TPSA) is 62.2 Å². The highest BCUT2D eigenvalue weighted by Crippen LogP contribution is 2.41. The Kier molecular flexibility index (Phi) is 3.23. The number of pyridine rings is 1. The molecule has 2 aromatic carbocycles. The third-order valence-electron chi connectivity index (χ3n) is 4.33. The zero-order valence-corrected chi connectivity index (χ0v) is 12.4. The predicted octanol–water partition coefficient (Wildman–Crippen LogP) is 3.23. The van der Waals surface area contributed by atoms with Gasteiger partial charge in [0.2, 0.25) is 0 Å². The van der Waals surface area contributed by atoms with Gasteiger partial charge in [-0.1, -0.05) is 42.5 Å². The molecule has 0 radical (unpaired) electrons. The Balaban J connectivity index is 1.53. The monoisotopic (exact) mass is 304 g/mol. The van der Waals surface area contributed by atoms with Gasteiger partial charge in [0, 0.05) is 23.5 Å².